The van der Waals surface area contributed by atoms with Crippen molar-refractivity contribution in [2.24, 2.45) is 0 Å². The molecule has 1 aliphatic rings. The van der Waals surface area contributed by atoms with Crippen molar-refractivity contribution < 1.29 is 19.4 Å². The topological polar surface area (TPSA) is 67.8 Å². The molecule has 14 heavy (non-hydrogen) atoms. The summed E-state index contributed by atoms with van der Waals surface area (Å²) in [4.78, 5) is 10.8. The smallest absolute Gasteiger partial charge is 0.217 e. The first kappa shape index (κ1) is 11.0. The number of aliphatic hydroxyl groups is 1. The van der Waals surface area contributed by atoms with Gasteiger partial charge in [0.1, 0.15) is 11.9 Å². The van der Waals surface area contributed by atoms with Crippen molar-refractivity contribution in [3.8, 4) is 0 Å². The predicted octanol–water partition coefficient (Wildman–Crippen LogP) is -0.242. The van der Waals surface area contributed by atoms with E-state index in [2.05, 4.69) is 11.9 Å². The molecule has 0 unspecified atom stereocenters. The normalized spacial score (nSPS) is 32.2. The van der Waals surface area contributed by atoms with Gasteiger partial charge in [-0.05, 0) is 0 Å². The van der Waals surface area contributed by atoms with Gasteiger partial charge < -0.3 is 19.9 Å². The van der Waals surface area contributed by atoms with Crippen LogP contribution < -0.4 is 5.32 Å². The molecule has 5 heteroatoms. The average molecular weight is 201 g/mol. The van der Waals surface area contributed by atoms with E-state index in [0.717, 1.165) is 0 Å². The van der Waals surface area contributed by atoms with Gasteiger partial charge in [0, 0.05) is 20.5 Å². The number of aliphatic hydroxyl groups excluding tert-OH is 1. The van der Waals surface area contributed by atoms with Crippen LogP contribution in [0.1, 0.15) is 13.3 Å². The zero-order chi connectivity index (χ0) is 10.7. The van der Waals surface area contributed by atoms with Crippen molar-refractivity contribution in [2.45, 2.75) is 31.8 Å². The van der Waals surface area contributed by atoms with Crippen LogP contribution >= 0.6 is 0 Å². The van der Waals surface area contributed by atoms with Crippen LogP contribution in [0.3, 0.4) is 0 Å². The van der Waals surface area contributed by atoms with Crippen LogP contribution in [0.25, 0.3) is 0 Å². The highest BCUT2D eigenvalue weighted by atomic mass is 16.7. The lowest BCUT2D eigenvalue weighted by Gasteiger charge is -2.34. The maximum absolute atomic E-state index is 10.8. The number of ether oxygens (including phenoxy) is 2. The fourth-order valence-corrected chi connectivity index (χ4v) is 1.39. The van der Waals surface area contributed by atoms with Crippen molar-refractivity contribution in [1.29, 1.82) is 0 Å². The SMILES string of the molecule is C=C1O[C@H](OC)C[C@H](NC(C)=O)[C@@H]1O. The molecule has 1 amide bonds. The van der Waals surface area contributed by atoms with E-state index < -0.39 is 18.4 Å². The second kappa shape index (κ2) is 4.43. The number of carbonyl (C=O) groups excluding carboxylic acids is 1. The van der Waals surface area contributed by atoms with Crippen LogP contribution in [0.15, 0.2) is 12.3 Å². The summed E-state index contributed by atoms with van der Waals surface area (Å²) >= 11 is 0. The number of rotatable bonds is 2. The molecule has 1 aliphatic heterocycles. The average Bonchev–Trinajstić information content (AvgIpc) is 2.11. The van der Waals surface area contributed by atoms with Gasteiger partial charge >= 0.3 is 0 Å². The molecule has 0 radical (unpaired) electrons. The van der Waals surface area contributed by atoms with Crippen LogP contribution in [0.2, 0.25) is 0 Å². The third-order valence-corrected chi connectivity index (χ3v) is 2.09. The van der Waals surface area contributed by atoms with Gasteiger partial charge in [-0.15, -0.1) is 0 Å². The Morgan fingerprint density at radius 2 is 2.43 bits per heavy atom. The molecule has 1 saturated heterocycles. The minimum absolute atomic E-state index is 0.196. The molecule has 0 spiro atoms. The van der Waals surface area contributed by atoms with Gasteiger partial charge in [0.05, 0.1) is 6.04 Å². The van der Waals surface area contributed by atoms with E-state index in [4.69, 9.17) is 9.47 Å². The highest BCUT2D eigenvalue weighted by molar-refractivity contribution is 5.73. The Hall–Kier alpha value is -1.07. The summed E-state index contributed by atoms with van der Waals surface area (Å²) in [5.74, 6) is 0.0282. The van der Waals surface area contributed by atoms with E-state index >= 15 is 0 Å². The van der Waals surface area contributed by atoms with E-state index in [1.54, 1.807) is 0 Å². The molecule has 0 aromatic heterocycles. The third kappa shape index (κ3) is 2.46. The van der Waals surface area contributed by atoms with Crippen molar-refractivity contribution in [1.82, 2.24) is 5.32 Å². The van der Waals surface area contributed by atoms with Gasteiger partial charge in [-0.25, -0.2) is 0 Å². The van der Waals surface area contributed by atoms with E-state index in [9.17, 15) is 9.90 Å². The monoisotopic (exact) mass is 201 g/mol. The highest BCUT2D eigenvalue weighted by Gasteiger charge is 2.33. The summed E-state index contributed by atoms with van der Waals surface area (Å²) < 4.78 is 10.1. The van der Waals surface area contributed by atoms with Crippen LogP contribution in [-0.4, -0.2) is 36.6 Å². The maximum atomic E-state index is 10.8. The Morgan fingerprint density at radius 3 is 2.93 bits per heavy atom. The van der Waals surface area contributed by atoms with E-state index in [-0.39, 0.29) is 11.7 Å². The quantitative estimate of drug-likeness (QED) is 0.647. The van der Waals surface area contributed by atoms with Gasteiger partial charge in [0.15, 0.2) is 0 Å². The van der Waals surface area contributed by atoms with Gasteiger partial charge in [0.25, 0.3) is 0 Å². The molecule has 3 atom stereocenters. The van der Waals surface area contributed by atoms with Crippen LogP contribution in [0.4, 0.5) is 0 Å². The van der Waals surface area contributed by atoms with Crippen LogP contribution in [0, 0.1) is 0 Å². The molecule has 80 valence electrons. The number of carbonyl (C=O) groups is 1. The van der Waals surface area contributed by atoms with Gasteiger partial charge in [-0.3, -0.25) is 4.79 Å². The molecule has 5 nitrogen and oxygen atoms in total. The van der Waals surface area contributed by atoms with Crippen molar-refractivity contribution in [2.75, 3.05) is 7.11 Å². The Labute approximate surface area is 82.7 Å². The van der Waals surface area contributed by atoms with Crippen LogP contribution in [0.5, 0.6) is 0 Å². The van der Waals surface area contributed by atoms with E-state index in [0.29, 0.717) is 6.42 Å². The Bertz CT molecular complexity index is 241. The summed E-state index contributed by atoms with van der Waals surface area (Å²) in [6.45, 7) is 4.94. The standard InChI is InChI=1S/C9H15NO4/c1-5-9(12)7(10-6(2)11)4-8(13-3)14-5/h7-9,12H,1,4H2,2-3H3,(H,10,11)/t7-,8-,9+/m0/s1. The minimum atomic E-state index is -0.870. The summed E-state index contributed by atoms with van der Waals surface area (Å²) in [6, 6.07) is -0.390. The number of hydrogen-bond acceptors (Lipinski definition) is 4. The Balaban J connectivity index is 2.62. The number of methoxy groups -OCH3 is 1. The largest absolute Gasteiger partial charge is 0.467 e. The van der Waals surface area contributed by atoms with E-state index in [1.165, 1.54) is 14.0 Å². The third-order valence-electron chi connectivity index (χ3n) is 2.09. The molecular formula is C9H15NO4. The number of amides is 1. The molecule has 0 saturated carbocycles. The van der Waals surface area contributed by atoms with Gasteiger partial charge in [-0.1, -0.05) is 6.58 Å². The molecule has 0 aliphatic carbocycles. The maximum Gasteiger partial charge on any atom is 0.217 e. The fourth-order valence-electron chi connectivity index (χ4n) is 1.39. The first-order chi connectivity index (χ1) is 6.54. The Morgan fingerprint density at radius 1 is 1.79 bits per heavy atom. The lowest BCUT2D eigenvalue weighted by molar-refractivity contribution is -0.149. The zero-order valence-electron chi connectivity index (χ0n) is 8.32. The van der Waals surface area contributed by atoms with Crippen molar-refractivity contribution in [3.63, 3.8) is 0 Å². The molecule has 0 bridgehead atoms. The zero-order valence-corrected chi connectivity index (χ0v) is 8.32. The Kier molecular flexibility index (Phi) is 3.49. The second-order valence-electron chi connectivity index (χ2n) is 3.24. The summed E-state index contributed by atoms with van der Waals surface area (Å²) in [6.07, 6.45) is -0.913. The summed E-state index contributed by atoms with van der Waals surface area (Å²) in [7, 11) is 1.50. The minimum Gasteiger partial charge on any atom is -0.467 e. The summed E-state index contributed by atoms with van der Waals surface area (Å²) in [5, 5.41) is 12.2. The fraction of sp³-hybridized carbons (Fsp3) is 0.667. The van der Waals surface area contributed by atoms with Crippen molar-refractivity contribution >= 4 is 5.91 Å². The summed E-state index contributed by atoms with van der Waals surface area (Å²) in [5.41, 5.74) is 0. The second-order valence-corrected chi connectivity index (χ2v) is 3.24. The highest BCUT2D eigenvalue weighted by Crippen LogP contribution is 2.22. The first-order valence-electron chi connectivity index (χ1n) is 4.38. The lowest BCUT2D eigenvalue weighted by atomic mass is 10.0. The molecule has 2 N–H and O–H groups in total. The van der Waals surface area contributed by atoms with E-state index in [1.807, 2.05) is 0 Å². The molecular weight excluding hydrogens is 186 g/mol. The first-order valence-corrected chi connectivity index (χ1v) is 4.38. The molecule has 1 rings (SSSR count). The van der Waals surface area contributed by atoms with Gasteiger partial charge in [-0.2, -0.15) is 0 Å². The van der Waals surface area contributed by atoms with Crippen LogP contribution in [-0.2, 0) is 14.3 Å². The molecule has 1 heterocycles. The molecule has 1 fully saturated rings. The predicted molar refractivity (Wildman–Crippen MR) is 49.3 cm³/mol. The molecule has 0 aromatic carbocycles. The lowest BCUT2D eigenvalue weighted by Crippen LogP contribution is -2.49. The number of hydrogen-bond donors (Lipinski definition) is 2. The van der Waals surface area contributed by atoms with Gasteiger partial charge in [0.2, 0.25) is 12.2 Å². The van der Waals surface area contributed by atoms with Crippen molar-refractivity contribution in [3.05, 3.63) is 12.3 Å². The number of nitrogens with one attached hydrogen (secondary N) is 1. The molecule has 0 aromatic rings.